The molecule has 2 N–H and O–H groups in total. The van der Waals surface area contributed by atoms with Crippen molar-refractivity contribution in [1.29, 1.82) is 0 Å². The van der Waals surface area contributed by atoms with Crippen LogP contribution in [0.4, 0.5) is 5.69 Å². The summed E-state index contributed by atoms with van der Waals surface area (Å²) in [6, 6.07) is 7.16. The highest BCUT2D eigenvalue weighted by Gasteiger charge is 2.06. The Balaban J connectivity index is 1.80. The van der Waals surface area contributed by atoms with Gasteiger partial charge in [0.25, 0.3) is 0 Å². The molecule has 0 aliphatic rings. The lowest BCUT2D eigenvalue weighted by molar-refractivity contribution is -0.120. The molecule has 2 amide bonds. The highest BCUT2D eigenvalue weighted by molar-refractivity contribution is 5.98. The molecule has 1 aromatic heterocycles. The van der Waals surface area contributed by atoms with Crippen LogP contribution in [0.2, 0.25) is 0 Å². The molecule has 0 aliphatic carbocycles. The average molecular weight is 340 g/mol. The molecule has 2 aromatic rings. The van der Waals surface area contributed by atoms with E-state index in [-0.39, 0.29) is 18.2 Å². The van der Waals surface area contributed by atoms with Crippen molar-refractivity contribution >= 4 is 17.5 Å². The molecule has 0 saturated heterocycles. The number of carbonyl (C=O) groups is 2. The first-order valence-corrected chi connectivity index (χ1v) is 8.26. The van der Waals surface area contributed by atoms with Crippen molar-refractivity contribution in [3.05, 3.63) is 60.4 Å². The molecule has 1 aromatic carbocycles. The van der Waals surface area contributed by atoms with E-state index in [1.54, 1.807) is 18.3 Å². The number of carbonyl (C=O) groups excluding carboxylic acids is 2. The van der Waals surface area contributed by atoms with Gasteiger partial charge in [0.2, 0.25) is 11.8 Å². The maximum absolute atomic E-state index is 12.1. The predicted octanol–water partition coefficient (Wildman–Crippen LogP) is 2.52. The summed E-state index contributed by atoms with van der Waals surface area (Å²) in [5.41, 5.74) is 2.53. The van der Waals surface area contributed by atoms with Crippen molar-refractivity contribution in [2.45, 2.75) is 33.4 Å². The van der Waals surface area contributed by atoms with Crippen LogP contribution in [0.15, 0.2) is 49.3 Å². The number of nitrogens with one attached hydrogen (secondary N) is 2. The zero-order chi connectivity index (χ0) is 18.2. The molecule has 0 aliphatic heterocycles. The lowest BCUT2D eigenvalue weighted by Crippen LogP contribution is -2.24. The van der Waals surface area contributed by atoms with E-state index in [9.17, 15) is 9.59 Å². The lowest BCUT2D eigenvalue weighted by atomic mass is 10.1. The molecule has 132 valence electrons. The zero-order valence-electron chi connectivity index (χ0n) is 14.7. The molecule has 0 bridgehead atoms. The quantitative estimate of drug-likeness (QED) is 0.725. The van der Waals surface area contributed by atoms with Crippen LogP contribution < -0.4 is 10.6 Å². The maximum Gasteiger partial charge on any atom is 0.247 e. The van der Waals surface area contributed by atoms with E-state index in [4.69, 9.17) is 0 Å². The van der Waals surface area contributed by atoms with Gasteiger partial charge in [-0.15, -0.1) is 0 Å². The first kappa shape index (κ1) is 18.4. The Morgan fingerprint density at radius 1 is 1.24 bits per heavy atom. The van der Waals surface area contributed by atoms with Gasteiger partial charge in [0.1, 0.15) is 0 Å². The first-order valence-electron chi connectivity index (χ1n) is 8.26. The Morgan fingerprint density at radius 3 is 2.60 bits per heavy atom. The number of benzene rings is 1. The summed E-state index contributed by atoms with van der Waals surface area (Å²) in [6.07, 6.45) is 5.23. The molecule has 25 heavy (non-hydrogen) atoms. The van der Waals surface area contributed by atoms with Crippen LogP contribution in [0.5, 0.6) is 0 Å². The first-order chi connectivity index (χ1) is 12.0. The standard InChI is InChI=1S/C19H24N4O2/c1-4-18(24)22-17-7-5-15(6-8-17)9-19(25)20-10-16-11-21-23(13-16)12-14(2)3/h4-8,11,13-14H,1,9-10,12H2,2-3H3,(H,20,25)(H,22,24). The predicted molar refractivity (Wildman–Crippen MR) is 97.9 cm³/mol. The van der Waals surface area contributed by atoms with Crippen LogP contribution in [0.1, 0.15) is 25.0 Å². The van der Waals surface area contributed by atoms with Crippen LogP contribution in [0.25, 0.3) is 0 Å². The normalized spacial score (nSPS) is 10.5. The number of nitrogens with zero attached hydrogens (tertiary/aromatic N) is 2. The molecule has 0 unspecified atom stereocenters. The fraction of sp³-hybridized carbons (Fsp3) is 0.316. The third kappa shape index (κ3) is 6.25. The summed E-state index contributed by atoms with van der Waals surface area (Å²) < 4.78 is 1.89. The van der Waals surface area contributed by atoms with Gasteiger partial charge in [0.05, 0.1) is 12.6 Å². The fourth-order valence-corrected chi connectivity index (χ4v) is 2.32. The topological polar surface area (TPSA) is 76.0 Å². The van der Waals surface area contributed by atoms with E-state index >= 15 is 0 Å². The van der Waals surface area contributed by atoms with Gasteiger partial charge in [0, 0.05) is 30.5 Å². The second-order valence-corrected chi connectivity index (χ2v) is 6.31. The molecule has 6 nitrogen and oxygen atoms in total. The van der Waals surface area contributed by atoms with Gasteiger partial charge in [-0.3, -0.25) is 14.3 Å². The molecular weight excluding hydrogens is 316 g/mol. The molecule has 0 saturated carbocycles. The second-order valence-electron chi connectivity index (χ2n) is 6.31. The Bertz CT molecular complexity index is 732. The summed E-state index contributed by atoms with van der Waals surface area (Å²) in [7, 11) is 0. The number of anilines is 1. The monoisotopic (exact) mass is 340 g/mol. The van der Waals surface area contributed by atoms with Gasteiger partial charge in [-0.1, -0.05) is 32.6 Å². The van der Waals surface area contributed by atoms with Gasteiger partial charge in [-0.05, 0) is 29.7 Å². The van der Waals surface area contributed by atoms with Crippen molar-refractivity contribution < 1.29 is 9.59 Å². The molecule has 6 heteroatoms. The van der Waals surface area contributed by atoms with Crippen molar-refractivity contribution in [3.8, 4) is 0 Å². The van der Waals surface area contributed by atoms with E-state index < -0.39 is 0 Å². The Morgan fingerprint density at radius 2 is 1.96 bits per heavy atom. The maximum atomic E-state index is 12.1. The zero-order valence-corrected chi connectivity index (χ0v) is 14.7. The minimum Gasteiger partial charge on any atom is -0.352 e. The number of aromatic nitrogens is 2. The van der Waals surface area contributed by atoms with Crippen molar-refractivity contribution in [3.63, 3.8) is 0 Å². The summed E-state index contributed by atoms with van der Waals surface area (Å²) in [5.74, 6) is 0.213. The van der Waals surface area contributed by atoms with E-state index in [1.165, 1.54) is 6.08 Å². The number of amides is 2. The molecule has 0 spiro atoms. The van der Waals surface area contributed by atoms with Crippen molar-refractivity contribution in [2.75, 3.05) is 5.32 Å². The SMILES string of the molecule is C=CC(=O)Nc1ccc(CC(=O)NCc2cnn(CC(C)C)c2)cc1. The molecule has 2 rings (SSSR count). The summed E-state index contributed by atoms with van der Waals surface area (Å²) in [4.78, 5) is 23.3. The van der Waals surface area contributed by atoms with Crippen LogP contribution in [-0.4, -0.2) is 21.6 Å². The fourth-order valence-electron chi connectivity index (χ4n) is 2.32. The van der Waals surface area contributed by atoms with Crippen molar-refractivity contribution in [1.82, 2.24) is 15.1 Å². The smallest absolute Gasteiger partial charge is 0.247 e. The minimum absolute atomic E-state index is 0.0560. The van der Waals surface area contributed by atoms with Gasteiger partial charge >= 0.3 is 0 Å². The summed E-state index contributed by atoms with van der Waals surface area (Å²) in [6.45, 7) is 9.00. The lowest BCUT2D eigenvalue weighted by Gasteiger charge is -2.06. The number of rotatable bonds is 8. The summed E-state index contributed by atoms with van der Waals surface area (Å²) in [5, 5.41) is 9.84. The Labute approximate surface area is 147 Å². The van der Waals surface area contributed by atoms with Crippen LogP contribution in [-0.2, 0) is 29.1 Å². The highest BCUT2D eigenvalue weighted by Crippen LogP contribution is 2.10. The van der Waals surface area contributed by atoms with Gasteiger partial charge in [-0.2, -0.15) is 5.10 Å². The summed E-state index contributed by atoms with van der Waals surface area (Å²) >= 11 is 0. The van der Waals surface area contributed by atoms with Gasteiger partial charge in [0.15, 0.2) is 0 Å². The molecule has 1 heterocycles. The Kier molecular flexibility index (Phi) is 6.51. The molecule has 0 radical (unpaired) electrons. The molecule has 0 atom stereocenters. The Hall–Kier alpha value is -2.89. The largest absolute Gasteiger partial charge is 0.352 e. The van der Waals surface area contributed by atoms with E-state index in [0.29, 0.717) is 18.2 Å². The van der Waals surface area contributed by atoms with Gasteiger partial charge in [-0.25, -0.2) is 0 Å². The second kappa shape index (κ2) is 8.82. The third-order valence-corrected chi connectivity index (χ3v) is 3.50. The van der Waals surface area contributed by atoms with Crippen LogP contribution in [0.3, 0.4) is 0 Å². The van der Waals surface area contributed by atoms with E-state index in [1.807, 2.05) is 23.0 Å². The molecule has 0 fully saturated rings. The minimum atomic E-state index is -0.261. The van der Waals surface area contributed by atoms with Crippen LogP contribution in [0, 0.1) is 5.92 Å². The number of hydrogen-bond donors (Lipinski definition) is 2. The third-order valence-electron chi connectivity index (χ3n) is 3.50. The van der Waals surface area contributed by atoms with E-state index in [2.05, 4.69) is 36.2 Å². The van der Waals surface area contributed by atoms with Gasteiger partial charge < -0.3 is 10.6 Å². The van der Waals surface area contributed by atoms with Crippen LogP contribution >= 0.6 is 0 Å². The van der Waals surface area contributed by atoms with Crippen molar-refractivity contribution in [2.24, 2.45) is 5.92 Å². The van der Waals surface area contributed by atoms with E-state index in [0.717, 1.165) is 17.7 Å². The number of hydrogen-bond acceptors (Lipinski definition) is 3. The highest BCUT2D eigenvalue weighted by atomic mass is 16.2. The molecular formula is C19H24N4O2. The average Bonchev–Trinajstić information content (AvgIpc) is 3.01.